The summed E-state index contributed by atoms with van der Waals surface area (Å²) < 4.78 is 6.89. The molecule has 0 saturated carbocycles. The van der Waals surface area contributed by atoms with E-state index in [9.17, 15) is 10.5 Å². The van der Waals surface area contributed by atoms with E-state index in [-0.39, 0.29) is 0 Å². The van der Waals surface area contributed by atoms with Crippen molar-refractivity contribution in [1.82, 2.24) is 9.97 Å². The van der Waals surface area contributed by atoms with Gasteiger partial charge in [-0.25, -0.2) is 9.97 Å². The van der Waals surface area contributed by atoms with Crippen LogP contribution in [0.3, 0.4) is 0 Å². The second kappa shape index (κ2) is 13.9. The molecule has 0 fully saturated rings. The van der Waals surface area contributed by atoms with Crippen LogP contribution in [0.25, 0.3) is 67.3 Å². The molecule has 0 bridgehead atoms. The first-order valence-electron chi connectivity index (χ1n) is 19.8. The van der Waals surface area contributed by atoms with E-state index in [1.165, 1.54) is 22.3 Å². The van der Waals surface area contributed by atoms with Crippen LogP contribution in [0.4, 0.5) is 0 Å². The van der Waals surface area contributed by atoms with Crippen molar-refractivity contribution in [3.8, 4) is 90.9 Å². The van der Waals surface area contributed by atoms with Crippen molar-refractivity contribution in [2.45, 2.75) is 5.41 Å². The predicted molar refractivity (Wildman–Crippen MR) is 236 cm³/mol. The average molecular weight is 765 g/mol. The summed E-state index contributed by atoms with van der Waals surface area (Å²) in [4.78, 5) is 10.4. The zero-order valence-corrected chi connectivity index (χ0v) is 32.2. The van der Waals surface area contributed by atoms with Gasteiger partial charge in [-0.3, -0.25) is 0 Å². The van der Waals surface area contributed by atoms with Crippen LogP contribution in [0.2, 0.25) is 0 Å². The van der Waals surface area contributed by atoms with Crippen molar-refractivity contribution in [3.05, 3.63) is 228 Å². The van der Waals surface area contributed by atoms with Gasteiger partial charge in [-0.2, -0.15) is 10.5 Å². The maximum Gasteiger partial charge on any atom is 0.160 e. The van der Waals surface area contributed by atoms with Crippen LogP contribution < -0.4 is 4.74 Å². The van der Waals surface area contributed by atoms with Gasteiger partial charge in [-0.05, 0) is 99.1 Å². The molecular formula is C55H32N4O. The van der Waals surface area contributed by atoms with Crippen LogP contribution in [-0.4, -0.2) is 9.97 Å². The van der Waals surface area contributed by atoms with Crippen molar-refractivity contribution >= 4 is 0 Å². The molecule has 0 atom stereocenters. The number of aromatic nitrogens is 2. The summed E-state index contributed by atoms with van der Waals surface area (Å²) >= 11 is 0. The number of hydrogen-bond donors (Lipinski definition) is 0. The SMILES string of the molecule is N#Cc1cc(C#N)cc(-c2ccc(-c3ccc4c(c3)C3(c5cc(-c6nc(-c7ccccc7)cc(-c7ccccc7)n6)ccc5O4)c4ccccc4-c4ccccc43)cc2)c1. The number of benzene rings is 8. The minimum absolute atomic E-state index is 0.459. The van der Waals surface area contributed by atoms with Crippen molar-refractivity contribution < 1.29 is 4.74 Å². The standard InChI is InChI=1S/C55H32N4O/c56-33-35-27-36(34-57)29-43(28-35)38-21-19-37(20-22-38)41-23-25-52-48(30-41)55(46-17-9-7-15-44(46)45-16-8-10-18-47(45)55)49-31-42(24-26-53(49)60-52)54-58-50(39-11-3-1-4-12-39)32-51(59-54)40-13-5-2-6-14-40/h1-32H. The normalized spacial score (nSPS) is 12.6. The van der Waals surface area contributed by atoms with Crippen molar-refractivity contribution in [3.63, 3.8) is 0 Å². The highest BCUT2D eigenvalue weighted by molar-refractivity contribution is 5.90. The van der Waals surface area contributed by atoms with E-state index in [0.29, 0.717) is 17.0 Å². The number of fused-ring (bicyclic) bond motifs is 9. The molecule has 2 aliphatic rings. The zero-order chi connectivity index (χ0) is 40.2. The van der Waals surface area contributed by atoms with Gasteiger partial charge in [-0.1, -0.05) is 140 Å². The lowest BCUT2D eigenvalue weighted by Crippen LogP contribution is -2.32. The molecule has 1 aromatic heterocycles. The molecule has 0 unspecified atom stereocenters. The van der Waals surface area contributed by atoms with Crippen LogP contribution in [0, 0.1) is 22.7 Å². The third kappa shape index (κ3) is 5.53. The smallest absolute Gasteiger partial charge is 0.160 e. The average Bonchev–Trinajstić information content (AvgIpc) is 3.62. The highest BCUT2D eigenvalue weighted by Crippen LogP contribution is 2.62. The van der Waals surface area contributed by atoms with E-state index in [1.807, 2.05) is 60.7 Å². The lowest BCUT2D eigenvalue weighted by atomic mass is 9.65. The maximum absolute atomic E-state index is 9.60. The Morgan fingerprint density at radius 2 is 0.817 bits per heavy atom. The topological polar surface area (TPSA) is 82.6 Å². The lowest BCUT2D eigenvalue weighted by molar-refractivity contribution is 0.436. The molecule has 0 radical (unpaired) electrons. The van der Waals surface area contributed by atoms with Gasteiger partial charge in [-0.15, -0.1) is 0 Å². The van der Waals surface area contributed by atoms with Gasteiger partial charge in [0.05, 0.1) is 40.1 Å². The summed E-state index contributed by atoms with van der Waals surface area (Å²) in [7, 11) is 0. The number of ether oxygens (including phenoxy) is 1. The van der Waals surface area contributed by atoms with Gasteiger partial charge in [0.15, 0.2) is 5.82 Å². The Morgan fingerprint density at radius 3 is 1.35 bits per heavy atom. The molecule has 1 aliphatic carbocycles. The molecule has 5 nitrogen and oxygen atoms in total. The molecule has 0 N–H and O–H groups in total. The molecular weight excluding hydrogens is 733 g/mol. The van der Waals surface area contributed by atoms with E-state index >= 15 is 0 Å². The Labute approximate surface area is 347 Å². The second-order valence-electron chi connectivity index (χ2n) is 15.2. The van der Waals surface area contributed by atoms with E-state index < -0.39 is 5.41 Å². The monoisotopic (exact) mass is 764 g/mol. The molecule has 1 spiro atoms. The molecule has 8 aromatic carbocycles. The highest BCUT2D eigenvalue weighted by atomic mass is 16.5. The fourth-order valence-corrected chi connectivity index (χ4v) is 9.09. The molecule has 0 amide bonds. The van der Waals surface area contributed by atoms with Crippen molar-refractivity contribution in [1.29, 1.82) is 10.5 Å². The molecule has 2 heterocycles. The van der Waals surface area contributed by atoms with E-state index in [2.05, 4.69) is 140 Å². The number of hydrogen-bond acceptors (Lipinski definition) is 5. The Balaban J connectivity index is 1.11. The lowest BCUT2D eigenvalue weighted by Gasteiger charge is -2.40. The van der Waals surface area contributed by atoms with Gasteiger partial charge in [0.2, 0.25) is 0 Å². The first-order valence-corrected chi connectivity index (χ1v) is 19.8. The highest BCUT2D eigenvalue weighted by Gasteiger charge is 2.51. The number of nitriles is 2. The van der Waals surface area contributed by atoms with Crippen LogP contribution in [-0.2, 0) is 5.41 Å². The van der Waals surface area contributed by atoms with E-state index in [1.54, 1.807) is 6.07 Å². The first kappa shape index (κ1) is 34.8. The third-order valence-corrected chi connectivity index (χ3v) is 11.8. The predicted octanol–water partition coefficient (Wildman–Crippen LogP) is 13.0. The third-order valence-electron chi connectivity index (χ3n) is 11.8. The molecule has 9 aromatic rings. The molecule has 0 saturated heterocycles. The molecule has 1 aliphatic heterocycles. The zero-order valence-electron chi connectivity index (χ0n) is 32.2. The first-order chi connectivity index (χ1) is 29.6. The van der Waals surface area contributed by atoms with Crippen LogP contribution in [0.15, 0.2) is 194 Å². The quantitative estimate of drug-likeness (QED) is 0.174. The summed E-state index contributed by atoms with van der Waals surface area (Å²) in [5.74, 6) is 2.22. The van der Waals surface area contributed by atoms with Crippen LogP contribution in [0.1, 0.15) is 33.4 Å². The summed E-state index contributed by atoms with van der Waals surface area (Å²) in [5.41, 5.74) is 15.5. The van der Waals surface area contributed by atoms with Crippen LogP contribution in [0.5, 0.6) is 11.5 Å². The molecule has 11 rings (SSSR count). The fraction of sp³-hybridized carbons (Fsp3) is 0.0182. The maximum atomic E-state index is 9.60. The second-order valence-corrected chi connectivity index (χ2v) is 15.2. The number of rotatable bonds is 5. The van der Waals surface area contributed by atoms with Crippen molar-refractivity contribution in [2.24, 2.45) is 0 Å². The summed E-state index contributed by atoms with van der Waals surface area (Å²) in [6.45, 7) is 0. The molecule has 5 heteroatoms. The van der Waals surface area contributed by atoms with Gasteiger partial charge in [0.25, 0.3) is 0 Å². The summed E-state index contributed by atoms with van der Waals surface area (Å²) in [5, 5.41) is 19.2. The van der Waals surface area contributed by atoms with Gasteiger partial charge in [0.1, 0.15) is 11.5 Å². The molecule has 60 heavy (non-hydrogen) atoms. The largest absolute Gasteiger partial charge is 0.457 e. The molecule has 278 valence electrons. The van der Waals surface area contributed by atoms with E-state index in [0.717, 1.165) is 73.0 Å². The van der Waals surface area contributed by atoms with Gasteiger partial charge < -0.3 is 4.74 Å². The Kier molecular flexibility index (Phi) is 8.08. The number of nitrogens with zero attached hydrogens (tertiary/aromatic N) is 4. The minimum Gasteiger partial charge on any atom is -0.457 e. The van der Waals surface area contributed by atoms with Gasteiger partial charge in [0, 0.05) is 27.8 Å². The Hall–Kier alpha value is -8.38. The Bertz CT molecular complexity index is 3120. The van der Waals surface area contributed by atoms with E-state index in [4.69, 9.17) is 14.7 Å². The fourth-order valence-electron chi connectivity index (χ4n) is 9.09. The van der Waals surface area contributed by atoms with Crippen LogP contribution >= 0.6 is 0 Å². The minimum atomic E-state index is -0.715. The van der Waals surface area contributed by atoms with Gasteiger partial charge >= 0.3 is 0 Å². The summed E-state index contributed by atoms with van der Waals surface area (Å²) in [6, 6.07) is 70.8. The Morgan fingerprint density at radius 1 is 0.367 bits per heavy atom. The summed E-state index contributed by atoms with van der Waals surface area (Å²) in [6.07, 6.45) is 0. The van der Waals surface area contributed by atoms with Crippen molar-refractivity contribution in [2.75, 3.05) is 0 Å².